The molecule has 15 heteroatoms. The Morgan fingerprint density at radius 2 is 1.86 bits per heavy atom. The standard InChI is InChI=1S/C35H41FN6O7S/c1-4-23-15-35(23,33(45)40-50(47,48)26-11-12-26)39-31(43)29-14-25(49-34(46)41-17-22-8-6-10-28(36)27(22)19-41)18-42(29)32(44)30(20(2)3)38-24-9-5-7-21(13-24)16-37/h5-10,13,20,23,25-26,29-30,38H,4,11-12,14-15,17-19H2,1-3H3,(H,39,43)(H,40,45)/t23?,25-,29+,30+,35?/m1/s1. The number of hydrogen-bond donors (Lipinski definition) is 3. The number of nitriles is 1. The van der Waals surface area contributed by atoms with Gasteiger partial charge in [-0.1, -0.05) is 45.4 Å². The lowest BCUT2D eigenvalue weighted by Crippen LogP contribution is -2.58. The van der Waals surface area contributed by atoms with Crippen molar-refractivity contribution in [2.24, 2.45) is 11.8 Å². The zero-order valence-electron chi connectivity index (χ0n) is 28.1. The van der Waals surface area contributed by atoms with Gasteiger partial charge >= 0.3 is 6.09 Å². The summed E-state index contributed by atoms with van der Waals surface area (Å²) in [6.07, 6.45) is -0.0530. The molecule has 266 valence electrons. The molecule has 5 atom stereocenters. The number of rotatable bonds is 11. The minimum atomic E-state index is -3.88. The second kappa shape index (κ2) is 13.5. The summed E-state index contributed by atoms with van der Waals surface area (Å²) in [5.74, 6) is -2.95. The van der Waals surface area contributed by atoms with Gasteiger partial charge in [0, 0.05) is 24.2 Å². The molecule has 0 spiro atoms. The quantitative estimate of drug-likeness (QED) is 0.316. The highest BCUT2D eigenvalue weighted by Gasteiger charge is 2.62. The van der Waals surface area contributed by atoms with Crippen LogP contribution in [-0.2, 0) is 42.2 Å². The van der Waals surface area contributed by atoms with Crippen molar-refractivity contribution < 1.29 is 36.7 Å². The summed E-state index contributed by atoms with van der Waals surface area (Å²) in [5, 5.41) is 14.7. The Labute approximate surface area is 290 Å². The first-order chi connectivity index (χ1) is 23.8. The Kier molecular flexibility index (Phi) is 9.51. The van der Waals surface area contributed by atoms with Gasteiger partial charge in [0.15, 0.2) is 0 Å². The van der Waals surface area contributed by atoms with Crippen LogP contribution in [0.25, 0.3) is 0 Å². The molecule has 1 saturated heterocycles. The first-order valence-electron chi connectivity index (χ1n) is 16.9. The van der Waals surface area contributed by atoms with Crippen molar-refractivity contribution in [1.29, 1.82) is 5.26 Å². The van der Waals surface area contributed by atoms with E-state index in [-0.39, 0.29) is 44.3 Å². The summed E-state index contributed by atoms with van der Waals surface area (Å²) < 4.78 is 47.6. The SMILES string of the molecule is CCC1CC1(NC(=O)[C@@H]1C[C@@H](OC(=O)N2Cc3cccc(F)c3C2)CN1C(=O)[C@@H](Nc1cccc(C#N)c1)C(C)C)C(=O)NS(=O)(=O)C1CC1. The number of ether oxygens (including phenoxy) is 1. The van der Waals surface area contributed by atoms with Gasteiger partial charge < -0.3 is 20.3 Å². The number of nitrogens with one attached hydrogen (secondary N) is 3. The monoisotopic (exact) mass is 708 g/mol. The number of nitrogens with zero attached hydrogens (tertiary/aromatic N) is 3. The summed E-state index contributed by atoms with van der Waals surface area (Å²) in [6, 6.07) is 11.3. The molecule has 2 heterocycles. The van der Waals surface area contributed by atoms with E-state index < -0.39 is 68.6 Å². The number of anilines is 1. The molecule has 2 unspecified atom stereocenters. The third-order valence-corrected chi connectivity index (χ3v) is 11.9. The number of fused-ring (bicyclic) bond motifs is 1. The minimum Gasteiger partial charge on any atom is -0.444 e. The molecule has 50 heavy (non-hydrogen) atoms. The molecule has 13 nitrogen and oxygen atoms in total. The predicted molar refractivity (Wildman–Crippen MR) is 179 cm³/mol. The topological polar surface area (TPSA) is 178 Å². The van der Waals surface area contributed by atoms with E-state index >= 15 is 0 Å². The normalized spacial score (nSPS) is 24.6. The third-order valence-electron chi connectivity index (χ3n) is 10.1. The first kappa shape index (κ1) is 35.1. The first-order valence-corrected chi connectivity index (χ1v) is 18.5. The van der Waals surface area contributed by atoms with Gasteiger partial charge in [0.2, 0.25) is 21.8 Å². The number of amides is 4. The van der Waals surface area contributed by atoms with E-state index in [2.05, 4.69) is 21.4 Å². The van der Waals surface area contributed by atoms with E-state index in [4.69, 9.17) is 4.74 Å². The van der Waals surface area contributed by atoms with Crippen molar-refractivity contribution >= 4 is 39.5 Å². The van der Waals surface area contributed by atoms with Crippen LogP contribution in [-0.4, -0.2) is 77.6 Å². The van der Waals surface area contributed by atoms with Gasteiger partial charge in [-0.15, -0.1) is 0 Å². The van der Waals surface area contributed by atoms with Crippen molar-refractivity contribution in [3.63, 3.8) is 0 Å². The Bertz CT molecular complexity index is 1860. The molecule has 3 N–H and O–H groups in total. The molecule has 3 fully saturated rings. The van der Waals surface area contributed by atoms with Crippen LogP contribution in [0.15, 0.2) is 42.5 Å². The highest BCUT2D eigenvalue weighted by atomic mass is 32.2. The molecule has 2 aliphatic carbocycles. The molecule has 2 aromatic rings. The fourth-order valence-corrected chi connectivity index (χ4v) is 8.31. The fraction of sp³-hybridized carbons (Fsp3) is 0.514. The van der Waals surface area contributed by atoms with Crippen LogP contribution in [0.1, 0.15) is 69.6 Å². The number of carbonyl (C=O) groups excluding carboxylic acids is 4. The number of halogens is 1. The van der Waals surface area contributed by atoms with Crippen molar-refractivity contribution in [2.75, 3.05) is 11.9 Å². The van der Waals surface area contributed by atoms with E-state index in [9.17, 15) is 37.2 Å². The Morgan fingerprint density at radius 3 is 2.50 bits per heavy atom. The van der Waals surface area contributed by atoms with Crippen LogP contribution < -0.4 is 15.4 Å². The third kappa shape index (κ3) is 6.98. The summed E-state index contributed by atoms with van der Waals surface area (Å²) in [6.45, 7) is 5.52. The van der Waals surface area contributed by atoms with Crippen LogP contribution in [0.2, 0.25) is 0 Å². The lowest BCUT2D eigenvalue weighted by molar-refractivity contribution is -0.140. The van der Waals surface area contributed by atoms with Crippen LogP contribution in [0.3, 0.4) is 0 Å². The predicted octanol–water partition coefficient (Wildman–Crippen LogP) is 3.15. The summed E-state index contributed by atoms with van der Waals surface area (Å²) in [7, 11) is -3.88. The maximum Gasteiger partial charge on any atom is 0.410 e. The van der Waals surface area contributed by atoms with Crippen molar-refractivity contribution in [2.45, 2.75) is 94.9 Å². The van der Waals surface area contributed by atoms with E-state index in [1.54, 1.807) is 36.4 Å². The highest BCUT2D eigenvalue weighted by molar-refractivity contribution is 7.91. The van der Waals surface area contributed by atoms with Crippen molar-refractivity contribution in [3.05, 3.63) is 65.0 Å². The van der Waals surface area contributed by atoms with Crippen LogP contribution in [0.4, 0.5) is 14.9 Å². The second-order valence-corrected chi connectivity index (χ2v) is 15.9. The van der Waals surface area contributed by atoms with Gasteiger partial charge in [-0.05, 0) is 60.9 Å². The average Bonchev–Trinajstić information content (AvgIpc) is 3.97. The Morgan fingerprint density at radius 1 is 1.12 bits per heavy atom. The average molecular weight is 709 g/mol. The lowest BCUT2D eigenvalue weighted by Gasteiger charge is -2.31. The lowest BCUT2D eigenvalue weighted by atomic mass is 10.0. The van der Waals surface area contributed by atoms with Crippen LogP contribution in [0, 0.1) is 29.0 Å². The molecule has 0 radical (unpaired) electrons. The number of likely N-dealkylation sites (tertiary alicyclic amines) is 1. The molecule has 2 aromatic carbocycles. The summed E-state index contributed by atoms with van der Waals surface area (Å²) >= 11 is 0. The van der Waals surface area contributed by atoms with Gasteiger partial charge in [0.25, 0.3) is 5.91 Å². The van der Waals surface area contributed by atoms with Crippen molar-refractivity contribution in [3.8, 4) is 6.07 Å². The van der Waals surface area contributed by atoms with Gasteiger partial charge in [-0.25, -0.2) is 17.6 Å². The fourth-order valence-electron chi connectivity index (χ4n) is 6.95. The van der Waals surface area contributed by atoms with Crippen LogP contribution in [0.5, 0.6) is 0 Å². The van der Waals surface area contributed by atoms with Crippen LogP contribution >= 0.6 is 0 Å². The van der Waals surface area contributed by atoms with E-state index in [0.29, 0.717) is 41.6 Å². The highest BCUT2D eigenvalue weighted by Crippen LogP contribution is 2.47. The molecule has 4 aliphatic rings. The number of sulfonamides is 1. The molecule has 4 amide bonds. The Hall–Kier alpha value is -4.71. The van der Waals surface area contributed by atoms with Crippen molar-refractivity contribution in [1.82, 2.24) is 19.8 Å². The molecular weight excluding hydrogens is 667 g/mol. The number of hydrogen-bond acceptors (Lipinski definition) is 9. The van der Waals surface area contributed by atoms with Gasteiger partial charge in [-0.2, -0.15) is 5.26 Å². The summed E-state index contributed by atoms with van der Waals surface area (Å²) in [4.78, 5) is 57.8. The molecule has 2 saturated carbocycles. The molecule has 0 aromatic heterocycles. The van der Waals surface area contributed by atoms with E-state index in [1.165, 1.54) is 15.9 Å². The maximum atomic E-state index is 14.4. The van der Waals surface area contributed by atoms with E-state index in [0.717, 1.165) is 0 Å². The molecule has 0 bridgehead atoms. The smallest absolute Gasteiger partial charge is 0.410 e. The molecular formula is C35H41FN6O7S. The minimum absolute atomic E-state index is 0.0149. The second-order valence-electron chi connectivity index (χ2n) is 14.0. The van der Waals surface area contributed by atoms with Gasteiger partial charge in [-0.3, -0.25) is 24.0 Å². The van der Waals surface area contributed by atoms with Gasteiger partial charge in [0.1, 0.15) is 29.5 Å². The van der Waals surface area contributed by atoms with Gasteiger partial charge in [0.05, 0.1) is 30.0 Å². The number of benzene rings is 2. The molecule has 2 aliphatic heterocycles. The Balaban J connectivity index is 1.23. The maximum absolute atomic E-state index is 14.4. The molecule has 6 rings (SSSR count). The largest absolute Gasteiger partial charge is 0.444 e. The van der Waals surface area contributed by atoms with E-state index in [1.807, 2.05) is 20.8 Å². The summed E-state index contributed by atoms with van der Waals surface area (Å²) in [5.41, 5.74) is 0.517. The zero-order valence-corrected chi connectivity index (χ0v) is 29.0. The number of carbonyl (C=O) groups is 4. The zero-order chi connectivity index (χ0) is 36.0.